The largest absolute Gasteiger partial charge is 0.330 e. The molecule has 0 heterocycles. The van der Waals surface area contributed by atoms with Crippen LogP contribution >= 0.6 is 0 Å². The highest BCUT2D eigenvalue weighted by atomic mass is 32.2. The smallest absolute Gasteiger partial charge is 0.211 e. The van der Waals surface area contributed by atoms with Gasteiger partial charge in [-0.1, -0.05) is 27.2 Å². The highest BCUT2D eigenvalue weighted by Crippen LogP contribution is 2.09. The number of rotatable bonds is 9. The van der Waals surface area contributed by atoms with Crippen molar-refractivity contribution in [2.75, 3.05) is 18.8 Å². The molecule has 3 N–H and O–H groups in total. The van der Waals surface area contributed by atoms with E-state index >= 15 is 0 Å². The van der Waals surface area contributed by atoms with E-state index in [0.29, 0.717) is 19.0 Å². The summed E-state index contributed by atoms with van der Waals surface area (Å²) in [6, 6.07) is 0. The van der Waals surface area contributed by atoms with Gasteiger partial charge in [0.05, 0.1) is 5.75 Å². The van der Waals surface area contributed by atoms with Gasteiger partial charge in [0.1, 0.15) is 0 Å². The Balaban J connectivity index is 4.08. The van der Waals surface area contributed by atoms with Crippen LogP contribution in [0.3, 0.4) is 0 Å². The van der Waals surface area contributed by atoms with Gasteiger partial charge in [-0.15, -0.1) is 0 Å². The van der Waals surface area contributed by atoms with Gasteiger partial charge in [0.15, 0.2) is 0 Å². The van der Waals surface area contributed by atoms with Crippen LogP contribution in [0.15, 0.2) is 0 Å². The molecule has 16 heavy (non-hydrogen) atoms. The third-order valence-electron chi connectivity index (χ3n) is 2.42. The van der Waals surface area contributed by atoms with Crippen molar-refractivity contribution in [2.45, 2.75) is 40.0 Å². The lowest BCUT2D eigenvalue weighted by Crippen LogP contribution is -2.33. The average Bonchev–Trinajstić information content (AvgIpc) is 2.13. The van der Waals surface area contributed by atoms with Crippen molar-refractivity contribution in [2.24, 2.45) is 17.6 Å². The van der Waals surface area contributed by atoms with E-state index in [-0.39, 0.29) is 11.7 Å². The first kappa shape index (κ1) is 15.9. The molecular formula is C11H26N2O2S. The number of nitrogens with one attached hydrogen (secondary N) is 1. The molecule has 0 amide bonds. The molecule has 0 aromatic rings. The minimum Gasteiger partial charge on any atom is -0.330 e. The predicted octanol–water partition coefficient (Wildman–Crippen LogP) is 1.33. The van der Waals surface area contributed by atoms with E-state index in [9.17, 15) is 8.42 Å². The summed E-state index contributed by atoms with van der Waals surface area (Å²) in [5.74, 6) is 0.739. The van der Waals surface area contributed by atoms with E-state index in [4.69, 9.17) is 5.73 Å². The summed E-state index contributed by atoms with van der Waals surface area (Å²) in [4.78, 5) is 0. The highest BCUT2D eigenvalue weighted by Gasteiger charge is 2.15. The Bertz CT molecular complexity index is 257. The third-order valence-corrected chi connectivity index (χ3v) is 4.13. The Morgan fingerprint density at radius 2 is 1.88 bits per heavy atom. The summed E-state index contributed by atoms with van der Waals surface area (Å²) >= 11 is 0. The van der Waals surface area contributed by atoms with Gasteiger partial charge in [0, 0.05) is 6.54 Å². The highest BCUT2D eigenvalue weighted by molar-refractivity contribution is 7.89. The molecule has 0 aliphatic carbocycles. The van der Waals surface area contributed by atoms with Crippen LogP contribution in [0.4, 0.5) is 0 Å². The molecule has 4 nitrogen and oxygen atoms in total. The second-order valence-corrected chi connectivity index (χ2v) is 6.61. The number of hydrogen-bond acceptors (Lipinski definition) is 3. The van der Waals surface area contributed by atoms with Gasteiger partial charge in [-0.05, 0) is 31.2 Å². The van der Waals surface area contributed by atoms with Crippen molar-refractivity contribution in [3.63, 3.8) is 0 Å². The molecule has 0 bridgehead atoms. The van der Waals surface area contributed by atoms with E-state index in [2.05, 4.69) is 11.6 Å². The molecule has 0 aromatic heterocycles. The first-order valence-corrected chi connectivity index (χ1v) is 7.74. The Morgan fingerprint density at radius 1 is 1.25 bits per heavy atom. The van der Waals surface area contributed by atoms with Crippen LogP contribution in [-0.4, -0.2) is 27.3 Å². The van der Waals surface area contributed by atoms with Gasteiger partial charge >= 0.3 is 0 Å². The van der Waals surface area contributed by atoms with Crippen LogP contribution in [0.1, 0.15) is 40.0 Å². The van der Waals surface area contributed by atoms with Crippen LogP contribution in [-0.2, 0) is 10.0 Å². The maximum atomic E-state index is 11.6. The quantitative estimate of drug-likeness (QED) is 0.648. The van der Waals surface area contributed by atoms with Crippen molar-refractivity contribution in [3.8, 4) is 0 Å². The van der Waals surface area contributed by atoms with E-state index in [1.165, 1.54) is 0 Å². The molecule has 0 aromatic carbocycles. The fourth-order valence-corrected chi connectivity index (χ4v) is 3.22. The standard InChI is InChI=1S/C11H26N2O2S/c1-4-5-11(6-7-12)8-13-16(14,15)9-10(2)3/h10-11,13H,4-9,12H2,1-3H3. The average molecular weight is 250 g/mol. The van der Waals surface area contributed by atoms with Crippen molar-refractivity contribution in [1.82, 2.24) is 4.72 Å². The first-order chi connectivity index (χ1) is 7.41. The molecule has 0 spiro atoms. The Kier molecular flexibility index (Phi) is 7.97. The van der Waals surface area contributed by atoms with Gasteiger partial charge in [-0.3, -0.25) is 0 Å². The summed E-state index contributed by atoms with van der Waals surface area (Å²) < 4.78 is 25.9. The van der Waals surface area contributed by atoms with Gasteiger partial charge in [0.2, 0.25) is 10.0 Å². The topological polar surface area (TPSA) is 72.2 Å². The maximum absolute atomic E-state index is 11.6. The normalized spacial score (nSPS) is 14.3. The zero-order valence-corrected chi connectivity index (χ0v) is 11.5. The molecule has 1 atom stereocenters. The minimum absolute atomic E-state index is 0.164. The van der Waals surface area contributed by atoms with E-state index in [1.54, 1.807) is 0 Å². The molecule has 0 saturated heterocycles. The van der Waals surface area contributed by atoms with E-state index in [1.807, 2.05) is 13.8 Å². The Labute approximate surface area is 100 Å². The molecule has 0 aliphatic rings. The van der Waals surface area contributed by atoms with Crippen molar-refractivity contribution in [3.05, 3.63) is 0 Å². The van der Waals surface area contributed by atoms with Crippen molar-refractivity contribution >= 4 is 10.0 Å². The third kappa shape index (κ3) is 8.07. The van der Waals surface area contributed by atoms with E-state index in [0.717, 1.165) is 19.3 Å². The summed E-state index contributed by atoms with van der Waals surface area (Å²) in [5, 5.41) is 0. The second-order valence-electron chi connectivity index (χ2n) is 4.76. The summed E-state index contributed by atoms with van der Waals surface area (Å²) in [6.07, 6.45) is 2.98. The summed E-state index contributed by atoms with van der Waals surface area (Å²) in [5.41, 5.74) is 5.50. The monoisotopic (exact) mass is 250 g/mol. The minimum atomic E-state index is -3.10. The molecule has 98 valence electrons. The van der Waals surface area contributed by atoms with Crippen LogP contribution in [0.25, 0.3) is 0 Å². The van der Waals surface area contributed by atoms with Crippen LogP contribution < -0.4 is 10.5 Å². The van der Waals surface area contributed by atoms with Gasteiger partial charge in [0.25, 0.3) is 0 Å². The van der Waals surface area contributed by atoms with E-state index < -0.39 is 10.0 Å². The fourth-order valence-electron chi connectivity index (χ4n) is 1.73. The molecule has 0 rings (SSSR count). The zero-order valence-electron chi connectivity index (χ0n) is 10.7. The number of nitrogens with two attached hydrogens (primary N) is 1. The molecule has 0 radical (unpaired) electrons. The summed E-state index contributed by atoms with van der Waals surface area (Å²) in [6.45, 7) is 7.06. The summed E-state index contributed by atoms with van der Waals surface area (Å²) in [7, 11) is -3.10. The lowest BCUT2D eigenvalue weighted by atomic mass is 10.0. The lowest BCUT2D eigenvalue weighted by Gasteiger charge is -2.16. The second kappa shape index (κ2) is 8.03. The lowest BCUT2D eigenvalue weighted by molar-refractivity contribution is 0.442. The maximum Gasteiger partial charge on any atom is 0.211 e. The molecular weight excluding hydrogens is 224 g/mol. The van der Waals surface area contributed by atoms with Crippen LogP contribution in [0, 0.1) is 11.8 Å². The molecule has 0 aliphatic heterocycles. The number of sulfonamides is 1. The fraction of sp³-hybridized carbons (Fsp3) is 1.00. The van der Waals surface area contributed by atoms with Gasteiger partial charge < -0.3 is 5.73 Å². The predicted molar refractivity (Wildman–Crippen MR) is 68.7 cm³/mol. The van der Waals surface area contributed by atoms with Gasteiger partial charge in [-0.2, -0.15) is 0 Å². The van der Waals surface area contributed by atoms with Crippen LogP contribution in [0.5, 0.6) is 0 Å². The Hall–Kier alpha value is -0.130. The SMILES string of the molecule is CCCC(CCN)CNS(=O)(=O)CC(C)C. The van der Waals surface area contributed by atoms with Crippen LogP contribution in [0.2, 0.25) is 0 Å². The number of hydrogen-bond donors (Lipinski definition) is 2. The first-order valence-electron chi connectivity index (χ1n) is 6.08. The van der Waals surface area contributed by atoms with Crippen molar-refractivity contribution < 1.29 is 8.42 Å². The molecule has 0 saturated carbocycles. The molecule has 0 fully saturated rings. The molecule has 1 unspecified atom stereocenters. The Morgan fingerprint density at radius 3 is 2.31 bits per heavy atom. The molecule has 5 heteroatoms. The van der Waals surface area contributed by atoms with Crippen molar-refractivity contribution in [1.29, 1.82) is 0 Å². The van der Waals surface area contributed by atoms with Gasteiger partial charge in [-0.25, -0.2) is 13.1 Å². The zero-order chi connectivity index (χ0) is 12.6.